The fourth-order valence-corrected chi connectivity index (χ4v) is 2.44. The van der Waals surface area contributed by atoms with Crippen molar-refractivity contribution in [2.24, 2.45) is 0 Å². The molecule has 1 saturated heterocycles. The number of aromatic nitrogens is 1. The van der Waals surface area contributed by atoms with Crippen molar-refractivity contribution in [1.29, 1.82) is 0 Å². The summed E-state index contributed by atoms with van der Waals surface area (Å²) in [6.45, 7) is 6.21. The summed E-state index contributed by atoms with van der Waals surface area (Å²) >= 11 is 0. The van der Waals surface area contributed by atoms with Crippen molar-refractivity contribution in [1.82, 2.24) is 15.2 Å². The highest BCUT2D eigenvalue weighted by molar-refractivity contribution is 5.03. The zero-order valence-corrected chi connectivity index (χ0v) is 11.3. The van der Waals surface area contributed by atoms with Crippen molar-refractivity contribution in [2.45, 2.75) is 32.0 Å². The summed E-state index contributed by atoms with van der Waals surface area (Å²) in [4.78, 5) is 6.81. The molecule has 2 atom stereocenters. The third-order valence-electron chi connectivity index (χ3n) is 3.55. The Morgan fingerprint density at radius 1 is 1.50 bits per heavy atom. The third kappa shape index (κ3) is 3.77. The van der Waals surface area contributed by atoms with Gasteiger partial charge in [0.05, 0.1) is 11.8 Å². The monoisotopic (exact) mass is 249 g/mol. The Hall–Kier alpha value is -0.970. The number of methoxy groups -OCH3 is 1. The molecule has 1 aromatic rings. The maximum atomic E-state index is 5.38. The molecule has 0 radical (unpaired) electrons. The van der Waals surface area contributed by atoms with E-state index >= 15 is 0 Å². The Balaban J connectivity index is 1.83. The van der Waals surface area contributed by atoms with Crippen molar-refractivity contribution in [3.63, 3.8) is 0 Å². The maximum Gasteiger partial charge on any atom is 0.0711 e. The van der Waals surface area contributed by atoms with E-state index in [9.17, 15) is 0 Å². The Labute approximate surface area is 109 Å². The lowest BCUT2D eigenvalue weighted by molar-refractivity contribution is 0.115. The topological polar surface area (TPSA) is 37.4 Å². The predicted molar refractivity (Wildman–Crippen MR) is 72.4 cm³/mol. The molecular formula is C14H23N3O. The van der Waals surface area contributed by atoms with Crippen LogP contribution >= 0.6 is 0 Å². The fraction of sp³-hybridized carbons (Fsp3) is 0.643. The van der Waals surface area contributed by atoms with Gasteiger partial charge in [0.15, 0.2) is 0 Å². The number of rotatable bonds is 6. The van der Waals surface area contributed by atoms with Crippen LogP contribution < -0.4 is 5.32 Å². The Kier molecular flexibility index (Phi) is 5.11. The van der Waals surface area contributed by atoms with E-state index in [2.05, 4.69) is 28.2 Å². The Morgan fingerprint density at radius 2 is 2.39 bits per heavy atom. The molecule has 1 N–H and O–H groups in total. The number of hydrogen-bond acceptors (Lipinski definition) is 4. The minimum Gasteiger partial charge on any atom is -0.380 e. The maximum absolute atomic E-state index is 5.38. The summed E-state index contributed by atoms with van der Waals surface area (Å²) in [5.41, 5.74) is 1.14. The second-order valence-electron chi connectivity index (χ2n) is 4.85. The molecule has 2 unspecified atom stereocenters. The molecule has 1 aromatic heterocycles. The molecular weight excluding hydrogens is 226 g/mol. The van der Waals surface area contributed by atoms with E-state index < -0.39 is 0 Å². The fourth-order valence-electron chi connectivity index (χ4n) is 2.44. The number of ether oxygens (including phenoxy) is 1. The first-order valence-corrected chi connectivity index (χ1v) is 6.70. The molecule has 0 saturated carbocycles. The van der Waals surface area contributed by atoms with E-state index in [0.29, 0.717) is 12.1 Å². The highest BCUT2D eigenvalue weighted by atomic mass is 16.5. The summed E-state index contributed by atoms with van der Waals surface area (Å²) < 4.78 is 5.38. The summed E-state index contributed by atoms with van der Waals surface area (Å²) in [6.07, 6.45) is 3.34. The van der Waals surface area contributed by atoms with Gasteiger partial charge in [0.25, 0.3) is 0 Å². The number of pyridine rings is 1. The van der Waals surface area contributed by atoms with E-state index in [0.717, 1.165) is 38.3 Å². The van der Waals surface area contributed by atoms with Crippen LogP contribution in [0.3, 0.4) is 0 Å². The number of nitrogens with one attached hydrogen (secondary N) is 1. The van der Waals surface area contributed by atoms with Gasteiger partial charge in [-0.2, -0.15) is 0 Å². The van der Waals surface area contributed by atoms with Gasteiger partial charge < -0.3 is 10.1 Å². The van der Waals surface area contributed by atoms with E-state index in [4.69, 9.17) is 4.74 Å². The van der Waals surface area contributed by atoms with Crippen LogP contribution in [0.1, 0.15) is 19.0 Å². The Morgan fingerprint density at radius 3 is 3.00 bits per heavy atom. The van der Waals surface area contributed by atoms with Gasteiger partial charge in [-0.25, -0.2) is 0 Å². The van der Waals surface area contributed by atoms with Gasteiger partial charge in [-0.05, 0) is 25.1 Å². The molecule has 2 rings (SSSR count). The first-order chi connectivity index (χ1) is 8.81. The zero-order chi connectivity index (χ0) is 12.8. The molecule has 18 heavy (non-hydrogen) atoms. The molecule has 1 fully saturated rings. The molecule has 1 aliphatic rings. The van der Waals surface area contributed by atoms with E-state index in [1.807, 2.05) is 18.3 Å². The predicted octanol–water partition coefficient (Wildman–Crippen LogP) is 1.28. The summed E-state index contributed by atoms with van der Waals surface area (Å²) in [5.74, 6) is 0. The molecule has 1 aliphatic heterocycles. The van der Waals surface area contributed by atoms with Crippen molar-refractivity contribution in [2.75, 3.05) is 26.7 Å². The van der Waals surface area contributed by atoms with Crippen LogP contribution in [0.5, 0.6) is 0 Å². The van der Waals surface area contributed by atoms with Gasteiger partial charge in [0.2, 0.25) is 0 Å². The average Bonchev–Trinajstić information content (AvgIpc) is 2.87. The SMILES string of the molecule is CCN(Cc1ccccn1)CC1CC(OC)CN1. The molecule has 0 aliphatic carbocycles. The number of hydrogen-bond donors (Lipinski definition) is 1. The van der Waals surface area contributed by atoms with Crippen molar-refractivity contribution in [3.8, 4) is 0 Å². The Bertz CT molecular complexity index is 344. The van der Waals surface area contributed by atoms with Crippen molar-refractivity contribution >= 4 is 0 Å². The van der Waals surface area contributed by atoms with Gasteiger partial charge in [-0.1, -0.05) is 13.0 Å². The van der Waals surface area contributed by atoms with Gasteiger partial charge >= 0.3 is 0 Å². The summed E-state index contributed by atoms with van der Waals surface area (Å²) in [7, 11) is 1.79. The summed E-state index contributed by atoms with van der Waals surface area (Å²) in [6, 6.07) is 6.63. The third-order valence-corrected chi connectivity index (χ3v) is 3.55. The quantitative estimate of drug-likeness (QED) is 0.824. The first-order valence-electron chi connectivity index (χ1n) is 6.70. The highest BCUT2D eigenvalue weighted by Crippen LogP contribution is 2.12. The van der Waals surface area contributed by atoms with Crippen LogP contribution in [-0.2, 0) is 11.3 Å². The van der Waals surface area contributed by atoms with Crippen LogP contribution in [-0.4, -0.2) is 48.8 Å². The molecule has 0 aromatic carbocycles. The van der Waals surface area contributed by atoms with E-state index in [-0.39, 0.29) is 0 Å². The highest BCUT2D eigenvalue weighted by Gasteiger charge is 2.25. The summed E-state index contributed by atoms with van der Waals surface area (Å²) in [5, 5.41) is 3.52. The van der Waals surface area contributed by atoms with Crippen LogP contribution in [0.15, 0.2) is 24.4 Å². The minimum atomic E-state index is 0.378. The molecule has 0 spiro atoms. The molecule has 2 heterocycles. The second kappa shape index (κ2) is 6.83. The number of nitrogens with zero attached hydrogens (tertiary/aromatic N) is 2. The first kappa shape index (κ1) is 13.5. The second-order valence-corrected chi connectivity index (χ2v) is 4.85. The van der Waals surface area contributed by atoms with Crippen LogP contribution in [0.4, 0.5) is 0 Å². The van der Waals surface area contributed by atoms with Crippen LogP contribution in [0.25, 0.3) is 0 Å². The lowest BCUT2D eigenvalue weighted by Crippen LogP contribution is -2.37. The smallest absolute Gasteiger partial charge is 0.0711 e. The van der Waals surface area contributed by atoms with E-state index in [1.54, 1.807) is 7.11 Å². The normalized spacial score (nSPS) is 23.7. The van der Waals surface area contributed by atoms with E-state index in [1.165, 1.54) is 0 Å². The van der Waals surface area contributed by atoms with Crippen molar-refractivity contribution < 1.29 is 4.74 Å². The zero-order valence-electron chi connectivity index (χ0n) is 11.3. The lowest BCUT2D eigenvalue weighted by Gasteiger charge is -2.23. The molecule has 0 amide bonds. The standard InChI is InChI=1S/C14H23N3O/c1-3-17(10-12-6-4-5-7-15-12)11-13-8-14(18-2)9-16-13/h4-7,13-14,16H,3,8-11H2,1-2H3. The molecule has 100 valence electrons. The van der Waals surface area contributed by atoms with Gasteiger partial charge in [0, 0.05) is 39.0 Å². The van der Waals surface area contributed by atoms with Gasteiger partial charge in [-0.3, -0.25) is 9.88 Å². The largest absolute Gasteiger partial charge is 0.380 e. The van der Waals surface area contributed by atoms with Gasteiger partial charge in [0.1, 0.15) is 0 Å². The van der Waals surface area contributed by atoms with Crippen LogP contribution in [0, 0.1) is 0 Å². The van der Waals surface area contributed by atoms with Gasteiger partial charge in [-0.15, -0.1) is 0 Å². The van der Waals surface area contributed by atoms with Crippen molar-refractivity contribution in [3.05, 3.63) is 30.1 Å². The lowest BCUT2D eigenvalue weighted by atomic mass is 10.2. The minimum absolute atomic E-state index is 0.378. The molecule has 4 heteroatoms. The molecule has 4 nitrogen and oxygen atoms in total. The average molecular weight is 249 g/mol. The van der Waals surface area contributed by atoms with Crippen LogP contribution in [0.2, 0.25) is 0 Å². The molecule has 0 bridgehead atoms. The number of likely N-dealkylation sites (N-methyl/N-ethyl adjacent to an activating group) is 1.